The Morgan fingerprint density at radius 1 is 1.44 bits per heavy atom. The Balaban J connectivity index is 2.27. The van der Waals surface area contributed by atoms with Crippen LogP contribution in [0.2, 0.25) is 0 Å². The quantitative estimate of drug-likeness (QED) is 0.797. The summed E-state index contributed by atoms with van der Waals surface area (Å²) in [5, 5.41) is 3.01. The SMILES string of the molecule is CN(C)S(=O)(=O)CCNCc1ccc(Br)o1. The minimum atomic E-state index is -3.12. The molecule has 0 aliphatic rings. The second kappa shape index (κ2) is 5.81. The van der Waals surface area contributed by atoms with Crippen molar-refractivity contribution in [1.82, 2.24) is 9.62 Å². The molecule has 0 saturated carbocycles. The van der Waals surface area contributed by atoms with Crippen LogP contribution in [0.1, 0.15) is 5.76 Å². The highest BCUT2D eigenvalue weighted by Crippen LogP contribution is 2.13. The summed E-state index contributed by atoms with van der Waals surface area (Å²) in [4.78, 5) is 0. The van der Waals surface area contributed by atoms with Gasteiger partial charge in [-0.15, -0.1) is 0 Å². The van der Waals surface area contributed by atoms with E-state index >= 15 is 0 Å². The third-order valence-corrected chi connectivity index (χ3v) is 4.28. The van der Waals surface area contributed by atoms with Crippen molar-refractivity contribution in [1.29, 1.82) is 0 Å². The standard InChI is InChI=1S/C9H15BrN2O3S/c1-12(2)16(13,14)6-5-11-7-8-3-4-9(10)15-8/h3-4,11H,5-7H2,1-2H3. The fourth-order valence-corrected chi connectivity index (χ4v) is 2.15. The third kappa shape index (κ3) is 4.25. The number of nitrogens with one attached hydrogen (secondary N) is 1. The molecule has 0 unspecified atom stereocenters. The van der Waals surface area contributed by atoms with E-state index in [0.717, 1.165) is 5.76 Å². The molecule has 1 rings (SSSR count). The number of rotatable bonds is 6. The molecule has 1 N–H and O–H groups in total. The zero-order chi connectivity index (χ0) is 12.2. The number of nitrogens with zero attached hydrogens (tertiary/aromatic N) is 1. The van der Waals surface area contributed by atoms with Crippen LogP contribution in [0.3, 0.4) is 0 Å². The Labute approximate surface area is 104 Å². The molecule has 16 heavy (non-hydrogen) atoms. The van der Waals surface area contributed by atoms with E-state index in [0.29, 0.717) is 17.8 Å². The fourth-order valence-electron chi connectivity index (χ4n) is 1.04. The van der Waals surface area contributed by atoms with Crippen LogP contribution in [0.15, 0.2) is 21.2 Å². The zero-order valence-electron chi connectivity index (χ0n) is 9.23. The normalized spacial score (nSPS) is 12.2. The van der Waals surface area contributed by atoms with Gasteiger partial charge in [0.1, 0.15) is 5.76 Å². The van der Waals surface area contributed by atoms with Gasteiger partial charge in [-0.1, -0.05) is 0 Å². The molecule has 0 fully saturated rings. The lowest BCUT2D eigenvalue weighted by atomic mass is 10.4. The van der Waals surface area contributed by atoms with Gasteiger partial charge in [0, 0.05) is 20.6 Å². The molecule has 0 amide bonds. The Bertz CT molecular complexity index is 428. The number of halogens is 1. The van der Waals surface area contributed by atoms with Crippen LogP contribution in [-0.4, -0.2) is 39.1 Å². The Morgan fingerprint density at radius 3 is 2.62 bits per heavy atom. The van der Waals surface area contributed by atoms with Crippen LogP contribution in [0.4, 0.5) is 0 Å². The van der Waals surface area contributed by atoms with Gasteiger partial charge >= 0.3 is 0 Å². The molecular weight excluding hydrogens is 296 g/mol. The lowest BCUT2D eigenvalue weighted by molar-refractivity contribution is 0.467. The molecule has 5 nitrogen and oxygen atoms in total. The van der Waals surface area contributed by atoms with Gasteiger partial charge in [-0.25, -0.2) is 12.7 Å². The molecule has 0 bridgehead atoms. The smallest absolute Gasteiger partial charge is 0.214 e. The molecule has 1 aromatic heterocycles. The van der Waals surface area contributed by atoms with Crippen molar-refractivity contribution in [3.63, 3.8) is 0 Å². The average Bonchev–Trinajstić information content (AvgIpc) is 2.59. The van der Waals surface area contributed by atoms with E-state index in [1.165, 1.54) is 18.4 Å². The largest absolute Gasteiger partial charge is 0.453 e. The summed E-state index contributed by atoms with van der Waals surface area (Å²) in [6.07, 6.45) is 0. The van der Waals surface area contributed by atoms with Crippen molar-refractivity contribution in [2.75, 3.05) is 26.4 Å². The summed E-state index contributed by atoms with van der Waals surface area (Å²) in [7, 11) is -0.0629. The molecule has 92 valence electrons. The maximum absolute atomic E-state index is 11.4. The summed E-state index contributed by atoms with van der Waals surface area (Å²) < 4.78 is 30.0. The van der Waals surface area contributed by atoms with Gasteiger partial charge in [0.05, 0.1) is 12.3 Å². The zero-order valence-corrected chi connectivity index (χ0v) is 11.6. The molecule has 0 aliphatic heterocycles. The van der Waals surface area contributed by atoms with Gasteiger partial charge in [-0.2, -0.15) is 0 Å². The maximum Gasteiger partial charge on any atom is 0.214 e. The summed E-state index contributed by atoms with van der Waals surface area (Å²) in [5.41, 5.74) is 0. The molecule has 0 atom stereocenters. The van der Waals surface area contributed by atoms with Crippen molar-refractivity contribution in [3.8, 4) is 0 Å². The van der Waals surface area contributed by atoms with Crippen LogP contribution in [-0.2, 0) is 16.6 Å². The molecular formula is C9H15BrN2O3S. The number of sulfonamides is 1. The molecule has 1 aromatic rings. The predicted octanol–water partition coefficient (Wildman–Crippen LogP) is 1.02. The van der Waals surface area contributed by atoms with Crippen LogP contribution < -0.4 is 5.32 Å². The van der Waals surface area contributed by atoms with Crippen LogP contribution >= 0.6 is 15.9 Å². The first kappa shape index (κ1) is 13.7. The van der Waals surface area contributed by atoms with E-state index in [-0.39, 0.29) is 5.75 Å². The van der Waals surface area contributed by atoms with Crippen LogP contribution in [0.5, 0.6) is 0 Å². The van der Waals surface area contributed by atoms with Crippen molar-refractivity contribution in [3.05, 3.63) is 22.6 Å². The Hall–Kier alpha value is -0.370. The average molecular weight is 311 g/mol. The number of furan rings is 1. The first-order chi connectivity index (χ1) is 7.42. The topological polar surface area (TPSA) is 62.6 Å². The van der Waals surface area contributed by atoms with E-state index in [1.54, 1.807) is 6.07 Å². The molecule has 0 saturated heterocycles. The molecule has 7 heteroatoms. The highest BCUT2D eigenvalue weighted by molar-refractivity contribution is 9.10. The van der Waals surface area contributed by atoms with Gasteiger partial charge in [0.15, 0.2) is 4.67 Å². The monoisotopic (exact) mass is 310 g/mol. The van der Waals surface area contributed by atoms with Crippen molar-refractivity contribution in [2.45, 2.75) is 6.54 Å². The van der Waals surface area contributed by atoms with E-state index in [4.69, 9.17) is 4.42 Å². The first-order valence-electron chi connectivity index (χ1n) is 4.77. The summed E-state index contributed by atoms with van der Waals surface area (Å²) in [6.45, 7) is 0.924. The van der Waals surface area contributed by atoms with E-state index in [2.05, 4.69) is 21.2 Å². The van der Waals surface area contributed by atoms with Crippen molar-refractivity contribution < 1.29 is 12.8 Å². The minimum absolute atomic E-state index is 0.0852. The maximum atomic E-state index is 11.4. The van der Waals surface area contributed by atoms with Crippen LogP contribution in [0, 0.1) is 0 Å². The van der Waals surface area contributed by atoms with Crippen molar-refractivity contribution >= 4 is 26.0 Å². The van der Waals surface area contributed by atoms with E-state index < -0.39 is 10.0 Å². The second-order valence-electron chi connectivity index (χ2n) is 3.48. The molecule has 0 radical (unpaired) electrons. The lowest BCUT2D eigenvalue weighted by Gasteiger charge is -2.10. The van der Waals surface area contributed by atoms with E-state index in [9.17, 15) is 8.42 Å². The predicted molar refractivity (Wildman–Crippen MR) is 65.6 cm³/mol. The second-order valence-corrected chi connectivity index (χ2v) is 6.56. The van der Waals surface area contributed by atoms with Gasteiger partial charge in [-0.3, -0.25) is 0 Å². The highest BCUT2D eigenvalue weighted by Gasteiger charge is 2.12. The van der Waals surface area contributed by atoms with E-state index in [1.807, 2.05) is 6.07 Å². The molecule has 0 spiro atoms. The van der Waals surface area contributed by atoms with Crippen LogP contribution in [0.25, 0.3) is 0 Å². The minimum Gasteiger partial charge on any atom is -0.453 e. The highest BCUT2D eigenvalue weighted by atomic mass is 79.9. The Kier molecular flexibility index (Phi) is 4.97. The number of hydrogen-bond acceptors (Lipinski definition) is 4. The summed E-state index contributed by atoms with van der Waals surface area (Å²) in [5.74, 6) is 0.858. The molecule has 0 aliphatic carbocycles. The Morgan fingerprint density at radius 2 is 2.12 bits per heavy atom. The van der Waals surface area contributed by atoms with Gasteiger partial charge in [0.2, 0.25) is 10.0 Å². The van der Waals surface area contributed by atoms with Gasteiger partial charge in [0.25, 0.3) is 0 Å². The molecule has 1 heterocycles. The summed E-state index contributed by atoms with van der Waals surface area (Å²) >= 11 is 3.19. The number of hydrogen-bond donors (Lipinski definition) is 1. The summed E-state index contributed by atoms with van der Waals surface area (Å²) in [6, 6.07) is 3.63. The van der Waals surface area contributed by atoms with Gasteiger partial charge < -0.3 is 9.73 Å². The fraction of sp³-hybridized carbons (Fsp3) is 0.556. The lowest BCUT2D eigenvalue weighted by Crippen LogP contribution is -2.30. The van der Waals surface area contributed by atoms with Gasteiger partial charge in [-0.05, 0) is 28.1 Å². The molecule has 0 aromatic carbocycles. The first-order valence-corrected chi connectivity index (χ1v) is 7.17. The van der Waals surface area contributed by atoms with Crippen molar-refractivity contribution in [2.24, 2.45) is 0 Å². The third-order valence-electron chi connectivity index (χ3n) is 2.02.